The molecule has 0 atom stereocenters. The molecule has 0 aliphatic carbocycles. The second-order valence-corrected chi connectivity index (χ2v) is 6.52. The highest BCUT2D eigenvalue weighted by atomic mass is 35.5. The summed E-state index contributed by atoms with van der Waals surface area (Å²) in [4.78, 5) is 3.53. The third kappa shape index (κ3) is 2.05. The number of hydrogen-bond acceptors (Lipinski definition) is 2. The van der Waals surface area contributed by atoms with Crippen molar-refractivity contribution in [2.45, 2.75) is 13.2 Å². The molecule has 0 radical (unpaired) electrons. The summed E-state index contributed by atoms with van der Waals surface area (Å²) in [7, 11) is 0. The lowest BCUT2D eigenvalue weighted by Crippen LogP contribution is -2.61. The van der Waals surface area contributed by atoms with E-state index < -0.39 is 13.2 Å². The Morgan fingerprint density at radius 1 is 1.00 bits per heavy atom. The van der Waals surface area contributed by atoms with Gasteiger partial charge in [-0.05, 0) is 11.6 Å². The van der Waals surface area contributed by atoms with Crippen LogP contribution < -0.4 is 5.32 Å². The summed E-state index contributed by atoms with van der Waals surface area (Å²) in [5.74, 6) is 0. The van der Waals surface area contributed by atoms with Crippen LogP contribution in [0.2, 0.25) is 0 Å². The third-order valence-electron chi connectivity index (χ3n) is 1.27. The number of rotatable bonds is 0. The Bertz CT molecular complexity index is 257. The number of nitrogens with one attached hydrogen (secondary N) is 1. The molecule has 0 spiro atoms. The molecule has 1 aliphatic rings. The number of nitrogens with zero attached hydrogens (tertiary/aromatic N) is 1. The van der Waals surface area contributed by atoms with E-state index in [0.717, 1.165) is 0 Å². The average molecular weight is 325 g/mol. The van der Waals surface area contributed by atoms with E-state index in [1.807, 2.05) is 0 Å². The maximum Gasteiger partial charge on any atom is 0.248 e. The molecule has 0 saturated carbocycles. The SMILES string of the molecule is ClC1=NC(Cl)(Cl)C(Cl)(Cl)C(Cl)(Cl)N1. The smallest absolute Gasteiger partial charge is 0.248 e. The summed E-state index contributed by atoms with van der Waals surface area (Å²) in [6, 6.07) is 0. The number of alkyl halides is 6. The van der Waals surface area contributed by atoms with Gasteiger partial charge in [0.25, 0.3) is 0 Å². The van der Waals surface area contributed by atoms with Gasteiger partial charge < -0.3 is 5.32 Å². The van der Waals surface area contributed by atoms with Crippen molar-refractivity contribution in [1.29, 1.82) is 0 Å². The Labute approximate surface area is 109 Å². The quantitative estimate of drug-likeness (QED) is 0.534. The first-order valence-electron chi connectivity index (χ1n) is 2.77. The zero-order chi connectivity index (χ0) is 10.5. The van der Waals surface area contributed by atoms with Gasteiger partial charge in [0.2, 0.25) is 13.2 Å². The van der Waals surface area contributed by atoms with Crippen LogP contribution in [0.1, 0.15) is 0 Å². The molecule has 0 amide bonds. The molecule has 9 heteroatoms. The van der Waals surface area contributed by atoms with Crippen LogP contribution >= 0.6 is 81.2 Å². The maximum atomic E-state index is 5.73. The van der Waals surface area contributed by atoms with Crippen molar-refractivity contribution in [3.05, 3.63) is 0 Å². The molecule has 76 valence electrons. The van der Waals surface area contributed by atoms with Crippen molar-refractivity contribution < 1.29 is 0 Å². The lowest BCUT2D eigenvalue weighted by atomic mass is 10.3. The molecule has 0 saturated heterocycles. The van der Waals surface area contributed by atoms with Gasteiger partial charge in [-0.1, -0.05) is 69.6 Å². The normalized spacial score (nSPS) is 29.0. The van der Waals surface area contributed by atoms with Crippen molar-refractivity contribution in [2.24, 2.45) is 4.99 Å². The highest BCUT2D eigenvalue weighted by Gasteiger charge is 2.64. The fourth-order valence-electron chi connectivity index (χ4n) is 0.618. The molecule has 1 rings (SSSR count). The number of aliphatic imine (C=N–C) groups is 1. The van der Waals surface area contributed by atoms with E-state index in [-0.39, 0.29) is 5.29 Å². The van der Waals surface area contributed by atoms with E-state index in [9.17, 15) is 0 Å². The van der Waals surface area contributed by atoms with Gasteiger partial charge in [-0.15, -0.1) is 0 Å². The standard InChI is InChI=1S/C4HCl7N2/c5-1-12-3(8,9)2(6,7)4(10,11)13-1/h(H,12,13). The first-order valence-corrected chi connectivity index (χ1v) is 5.42. The molecule has 1 heterocycles. The van der Waals surface area contributed by atoms with Crippen LogP contribution in [0.5, 0.6) is 0 Å². The van der Waals surface area contributed by atoms with Crippen LogP contribution in [0, 0.1) is 0 Å². The predicted octanol–water partition coefficient (Wildman–Crippen LogP) is 3.62. The van der Waals surface area contributed by atoms with Crippen molar-refractivity contribution >= 4 is 86.5 Å². The monoisotopic (exact) mass is 322 g/mol. The van der Waals surface area contributed by atoms with Crippen molar-refractivity contribution in [3.8, 4) is 0 Å². The number of halogens is 7. The third-order valence-corrected chi connectivity index (χ3v) is 4.83. The zero-order valence-corrected chi connectivity index (χ0v) is 10.9. The summed E-state index contributed by atoms with van der Waals surface area (Å²) < 4.78 is -5.66. The Morgan fingerprint density at radius 3 is 1.85 bits per heavy atom. The van der Waals surface area contributed by atoms with Gasteiger partial charge >= 0.3 is 0 Å². The summed E-state index contributed by atoms with van der Waals surface area (Å²) in [6.07, 6.45) is 0. The predicted molar refractivity (Wildman–Crippen MR) is 59.7 cm³/mol. The first-order chi connectivity index (χ1) is 5.60. The topological polar surface area (TPSA) is 24.4 Å². The van der Waals surface area contributed by atoms with E-state index in [4.69, 9.17) is 81.2 Å². The highest BCUT2D eigenvalue weighted by Crippen LogP contribution is 2.55. The second kappa shape index (κ2) is 3.51. The van der Waals surface area contributed by atoms with Gasteiger partial charge in [-0.25, -0.2) is 4.99 Å². The van der Waals surface area contributed by atoms with Gasteiger partial charge in [0, 0.05) is 0 Å². The van der Waals surface area contributed by atoms with Crippen molar-refractivity contribution in [1.82, 2.24) is 5.32 Å². The number of hydrogen-bond donors (Lipinski definition) is 1. The summed E-state index contributed by atoms with van der Waals surface area (Å²) in [5, 5.41) is 2.14. The molecule has 0 aromatic heterocycles. The van der Waals surface area contributed by atoms with E-state index in [0.29, 0.717) is 0 Å². The van der Waals surface area contributed by atoms with Crippen LogP contribution in [0.25, 0.3) is 0 Å². The minimum absolute atomic E-state index is 0.174. The van der Waals surface area contributed by atoms with Crippen LogP contribution in [0.4, 0.5) is 0 Å². The van der Waals surface area contributed by atoms with Crippen LogP contribution in [-0.2, 0) is 0 Å². The Kier molecular flexibility index (Phi) is 3.40. The van der Waals surface area contributed by atoms with Gasteiger partial charge in [-0.3, -0.25) is 0 Å². The minimum Gasteiger partial charge on any atom is -0.327 e. The maximum absolute atomic E-state index is 5.73. The fourth-order valence-corrected chi connectivity index (χ4v) is 2.35. The zero-order valence-electron chi connectivity index (χ0n) is 5.59. The summed E-state index contributed by atoms with van der Waals surface area (Å²) in [6.45, 7) is 0. The van der Waals surface area contributed by atoms with E-state index >= 15 is 0 Å². The van der Waals surface area contributed by atoms with Crippen molar-refractivity contribution in [2.75, 3.05) is 0 Å². The van der Waals surface area contributed by atoms with E-state index in [1.165, 1.54) is 0 Å². The largest absolute Gasteiger partial charge is 0.327 e. The minimum atomic E-state index is -1.93. The van der Waals surface area contributed by atoms with Crippen molar-refractivity contribution in [3.63, 3.8) is 0 Å². The van der Waals surface area contributed by atoms with Gasteiger partial charge in [0.05, 0.1) is 0 Å². The Morgan fingerprint density at radius 2 is 1.46 bits per heavy atom. The molecule has 0 bridgehead atoms. The molecular weight excluding hydrogens is 324 g/mol. The Balaban J connectivity index is 3.21. The van der Waals surface area contributed by atoms with E-state index in [2.05, 4.69) is 10.3 Å². The van der Waals surface area contributed by atoms with Gasteiger partial charge in [-0.2, -0.15) is 0 Å². The summed E-state index contributed by atoms with van der Waals surface area (Å²) in [5.41, 5.74) is 0. The molecule has 0 unspecified atom stereocenters. The molecule has 2 nitrogen and oxygen atoms in total. The molecule has 0 fully saturated rings. The van der Waals surface area contributed by atoms with Crippen LogP contribution in [0.3, 0.4) is 0 Å². The second-order valence-electron chi connectivity index (χ2n) is 2.22. The first kappa shape index (κ1) is 12.6. The highest BCUT2D eigenvalue weighted by molar-refractivity contribution is 6.74. The molecular formula is C4HCl7N2. The molecule has 13 heavy (non-hydrogen) atoms. The average Bonchev–Trinajstić information content (AvgIpc) is 1.80. The lowest BCUT2D eigenvalue weighted by molar-refractivity contribution is 0.539. The summed E-state index contributed by atoms with van der Waals surface area (Å²) >= 11 is 39.7. The molecule has 1 aliphatic heterocycles. The van der Waals surface area contributed by atoms with Crippen LogP contribution in [-0.4, -0.2) is 18.5 Å². The lowest BCUT2D eigenvalue weighted by Gasteiger charge is -2.42. The van der Waals surface area contributed by atoms with Gasteiger partial charge in [0.15, 0.2) is 5.29 Å². The van der Waals surface area contributed by atoms with Crippen LogP contribution in [0.15, 0.2) is 4.99 Å². The fraction of sp³-hybridized carbons (Fsp3) is 0.750. The molecule has 0 aromatic carbocycles. The van der Waals surface area contributed by atoms with E-state index in [1.54, 1.807) is 0 Å². The van der Waals surface area contributed by atoms with Gasteiger partial charge in [0.1, 0.15) is 0 Å². The molecule has 0 aromatic rings. The molecule has 1 N–H and O–H groups in total. The number of amidine groups is 1. The Hall–Kier alpha value is 1.50.